The molecule has 0 bridgehead atoms. The smallest absolute Gasteiger partial charge is 0.275 e. The van der Waals surface area contributed by atoms with Crippen LogP contribution in [-0.4, -0.2) is 35.2 Å². The highest BCUT2D eigenvalue weighted by Crippen LogP contribution is 2.25. The van der Waals surface area contributed by atoms with Gasteiger partial charge in [0.1, 0.15) is 22.5 Å². The number of ether oxygens (including phenoxy) is 2. The number of methoxy groups -OCH3 is 1. The van der Waals surface area contributed by atoms with Gasteiger partial charge in [0.05, 0.1) is 12.7 Å². The molecule has 3 N–H and O–H groups in total. The molecule has 1 heterocycles. The van der Waals surface area contributed by atoms with Crippen LogP contribution in [0.5, 0.6) is 17.2 Å². The van der Waals surface area contributed by atoms with Gasteiger partial charge in [0, 0.05) is 12.1 Å². The molecule has 0 spiro atoms. The maximum Gasteiger partial charge on any atom is 0.275 e. The number of benzene rings is 3. The summed E-state index contributed by atoms with van der Waals surface area (Å²) in [5.74, 6) is 0.489. The zero-order valence-electron chi connectivity index (χ0n) is 18.7. The molecule has 1 atom stereocenters. The molecule has 1 fully saturated rings. The SMILES string of the molecule is COc1ccccc1C(=O)N/N=C1\NC(=O)CC(C(=O)Nc2ccc(Oc3ccccc3)cc2)S1. The van der Waals surface area contributed by atoms with Gasteiger partial charge in [-0.25, -0.2) is 5.43 Å². The summed E-state index contributed by atoms with van der Waals surface area (Å²) in [4.78, 5) is 37.4. The Balaban J connectivity index is 1.36. The summed E-state index contributed by atoms with van der Waals surface area (Å²) < 4.78 is 10.9. The molecule has 3 aromatic carbocycles. The average molecular weight is 491 g/mol. The molecule has 1 saturated heterocycles. The van der Waals surface area contributed by atoms with E-state index in [1.54, 1.807) is 48.5 Å². The molecule has 0 radical (unpaired) electrons. The lowest BCUT2D eigenvalue weighted by atomic mass is 10.2. The first-order chi connectivity index (χ1) is 17.0. The molecule has 10 heteroatoms. The number of carbonyl (C=O) groups is 3. The van der Waals surface area contributed by atoms with Gasteiger partial charge in [-0.2, -0.15) is 0 Å². The third kappa shape index (κ3) is 6.39. The lowest BCUT2D eigenvalue weighted by Crippen LogP contribution is -2.42. The molecule has 35 heavy (non-hydrogen) atoms. The molecule has 3 amide bonds. The lowest BCUT2D eigenvalue weighted by Gasteiger charge is -2.22. The largest absolute Gasteiger partial charge is 0.496 e. The van der Waals surface area contributed by atoms with E-state index in [-0.39, 0.29) is 23.4 Å². The molecule has 1 aliphatic heterocycles. The van der Waals surface area contributed by atoms with Gasteiger partial charge in [-0.05, 0) is 48.5 Å². The van der Waals surface area contributed by atoms with E-state index in [0.717, 1.165) is 11.8 Å². The number of carbonyl (C=O) groups excluding carboxylic acids is 3. The number of para-hydroxylation sites is 2. The first-order valence-corrected chi connectivity index (χ1v) is 11.5. The molecule has 1 unspecified atom stereocenters. The van der Waals surface area contributed by atoms with Crippen LogP contribution in [0, 0.1) is 0 Å². The van der Waals surface area contributed by atoms with Crippen LogP contribution in [0.1, 0.15) is 16.8 Å². The van der Waals surface area contributed by atoms with Crippen LogP contribution in [0.3, 0.4) is 0 Å². The van der Waals surface area contributed by atoms with Gasteiger partial charge in [0.15, 0.2) is 5.17 Å². The molecule has 1 aliphatic rings. The van der Waals surface area contributed by atoms with Crippen molar-refractivity contribution in [2.75, 3.05) is 12.4 Å². The quantitative estimate of drug-likeness (QED) is 0.434. The monoisotopic (exact) mass is 490 g/mol. The van der Waals surface area contributed by atoms with Crippen LogP contribution < -0.4 is 25.5 Å². The van der Waals surface area contributed by atoms with E-state index < -0.39 is 11.2 Å². The maximum atomic E-state index is 12.8. The number of nitrogens with one attached hydrogen (secondary N) is 3. The summed E-state index contributed by atoms with van der Waals surface area (Å²) in [5, 5.41) is 8.74. The molecule has 3 aromatic rings. The number of anilines is 1. The van der Waals surface area contributed by atoms with Gasteiger partial charge in [-0.15, -0.1) is 5.10 Å². The van der Waals surface area contributed by atoms with Crippen LogP contribution in [0.15, 0.2) is 84.0 Å². The van der Waals surface area contributed by atoms with Crippen molar-refractivity contribution in [3.63, 3.8) is 0 Å². The van der Waals surface area contributed by atoms with E-state index in [1.165, 1.54) is 7.11 Å². The van der Waals surface area contributed by atoms with E-state index in [0.29, 0.717) is 28.5 Å². The average Bonchev–Trinajstić information content (AvgIpc) is 2.88. The minimum absolute atomic E-state index is 0.0226. The molecule has 0 aromatic heterocycles. The minimum Gasteiger partial charge on any atom is -0.496 e. The molecular formula is C25H22N4O5S. The lowest BCUT2D eigenvalue weighted by molar-refractivity contribution is -0.123. The molecule has 0 aliphatic carbocycles. The summed E-state index contributed by atoms with van der Waals surface area (Å²) in [6.07, 6.45) is -0.0226. The van der Waals surface area contributed by atoms with Crippen molar-refractivity contribution in [1.29, 1.82) is 0 Å². The summed E-state index contributed by atoms with van der Waals surface area (Å²) in [7, 11) is 1.46. The van der Waals surface area contributed by atoms with Gasteiger partial charge in [0.2, 0.25) is 11.8 Å². The summed E-state index contributed by atoms with van der Waals surface area (Å²) in [6.45, 7) is 0. The van der Waals surface area contributed by atoms with E-state index in [2.05, 4.69) is 21.2 Å². The fourth-order valence-electron chi connectivity index (χ4n) is 3.19. The predicted octanol–water partition coefficient (Wildman–Crippen LogP) is 3.75. The Morgan fingerprint density at radius 3 is 2.40 bits per heavy atom. The Labute approximate surface area is 205 Å². The van der Waals surface area contributed by atoms with E-state index in [1.807, 2.05) is 30.3 Å². The first kappa shape index (κ1) is 23.8. The predicted molar refractivity (Wildman–Crippen MR) is 134 cm³/mol. The van der Waals surface area contributed by atoms with Crippen molar-refractivity contribution >= 4 is 40.3 Å². The molecular weight excluding hydrogens is 468 g/mol. The number of hydrogen-bond donors (Lipinski definition) is 3. The van der Waals surface area contributed by atoms with Crippen molar-refractivity contribution in [3.8, 4) is 17.2 Å². The minimum atomic E-state index is -0.717. The van der Waals surface area contributed by atoms with Crippen LogP contribution in [-0.2, 0) is 9.59 Å². The number of hydrazone groups is 1. The van der Waals surface area contributed by atoms with Gasteiger partial charge < -0.3 is 20.1 Å². The normalized spacial score (nSPS) is 16.2. The molecule has 178 valence electrons. The Kier molecular flexibility index (Phi) is 7.63. The number of thioether (sulfide) groups is 1. The highest BCUT2D eigenvalue weighted by molar-refractivity contribution is 8.15. The zero-order valence-corrected chi connectivity index (χ0v) is 19.5. The Bertz CT molecular complexity index is 1250. The number of hydrogen-bond acceptors (Lipinski definition) is 7. The highest BCUT2D eigenvalue weighted by atomic mass is 32.2. The third-order valence-corrected chi connectivity index (χ3v) is 5.96. The molecule has 9 nitrogen and oxygen atoms in total. The summed E-state index contributed by atoms with van der Waals surface area (Å²) in [6, 6.07) is 22.9. The fraction of sp³-hybridized carbons (Fsp3) is 0.120. The van der Waals surface area contributed by atoms with Crippen LogP contribution >= 0.6 is 11.8 Å². The Morgan fingerprint density at radius 2 is 1.66 bits per heavy atom. The number of amidine groups is 1. The second-order valence-corrected chi connectivity index (χ2v) is 8.54. The number of rotatable bonds is 7. The number of amides is 3. The molecule has 4 rings (SSSR count). The van der Waals surface area contributed by atoms with Crippen molar-refractivity contribution < 1.29 is 23.9 Å². The second-order valence-electron chi connectivity index (χ2n) is 7.35. The summed E-state index contributed by atoms with van der Waals surface area (Å²) in [5.41, 5.74) is 3.24. The van der Waals surface area contributed by atoms with Crippen LogP contribution in [0.2, 0.25) is 0 Å². The van der Waals surface area contributed by atoms with Crippen molar-refractivity contribution in [2.45, 2.75) is 11.7 Å². The Morgan fingerprint density at radius 1 is 0.971 bits per heavy atom. The zero-order chi connectivity index (χ0) is 24.6. The first-order valence-electron chi connectivity index (χ1n) is 10.6. The van der Waals surface area contributed by atoms with E-state index in [9.17, 15) is 14.4 Å². The fourth-order valence-corrected chi connectivity index (χ4v) is 4.13. The molecule has 0 saturated carbocycles. The van der Waals surface area contributed by atoms with Crippen LogP contribution in [0.25, 0.3) is 0 Å². The van der Waals surface area contributed by atoms with Crippen molar-refractivity contribution in [2.24, 2.45) is 5.10 Å². The topological polar surface area (TPSA) is 118 Å². The maximum absolute atomic E-state index is 12.8. The third-order valence-electron chi connectivity index (χ3n) is 4.87. The standard InChI is InChI=1S/C25H22N4O5S/c1-33-20-10-6-5-9-19(20)23(31)28-29-25-27-22(30)15-21(35-25)24(32)26-16-11-13-18(14-12-16)34-17-7-3-2-4-8-17/h2-14,21H,15H2,1H3,(H,26,32)(H,28,31)(H,27,29,30). The van der Waals surface area contributed by atoms with Crippen LogP contribution in [0.4, 0.5) is 5.69 Å². The van der Waals surface area contributed by atoms with Crippen molar-refractivity contribution in [3.05, 3.63) is 84.4 Å². The van der Waals surface area contributed by atoms with Gasteiger partial charge in [-0.3, -0.25) is 14.4 Å². The van der Waals surface area contributed by atoms with E-state index in [4.69, 9.17) is 9.47 Å². The summed E-state index contributed by atoms with van der Waals surface area (Å²) >= 11 is 1.05. The van der Waals surface area contributed by atoms with Crippen molar-refractivity contribution in [1.82, 2.24) is 10.7 Å². The van der Waals surface area contributed by atoms with E-state index >= 15 is 0 Å². The Hall–Kier alpha value is -4.31. The second kappa shape index (κ2) is 11.2. The highest BCUT2D eigenvalue weighted by Gasteiger charge is 2.30. The van der Waals surface area contributed by atoms with Gasteiger partial charge in [-0.1, -0.05) is 42.1 Å². The van der Waals surface area contributed by atoms with Gasteiger partial charge in [0.25, 0.3) is 5.91 Å². The van der Waals surface area contributed by atoms with Gasteiger partial charge >= 0.3 is 0 Å². The number of nitrogens with zero attached hydrogens (tertiary/aromatic N) is 1.